The predicted octanol–water partition coefficient (Wildman–Crippen LogP) is 2.34. The van der Waals surface area contributed by atoms with E-state index in [1.165, 1.54) is 6.92 Å². The number of hydrogen-bond acceptors (Lipinski definition) is 4. The van der Waals surface area contributed by atoms with E-state index in [0.717, 1.165) is 5.56 Å². The van der Waals surface area contributed by atoms with Gasteiger partial charge in [-0.1, -0.05) is 24.3 Å². The molecule has 0 aliphatic carbocycles. The van der Waals surface area contributed by atoms with Crippen molar-refractivity contribution in [1.29, 1.82) is 0 Å². The molecule has 100 valence electrons. The lowest BCUT2D eigenvalue weighted by molar-refractivity contribution is -0.147. The highest BCUT2D eigenvalue weighted by Gasteiger charge is 2.29. The van der Waals surface area contributed by atoms with E-state index in [9.17, 15) is 4.79 Å². The Morgan fingerprint density at radius 3 is 2.95 bits per heavy atom. The molecule has 2 rings (SSSR count). The fourth-order valence-electron chi connectivity index (χ4n) is 1.98. The van der Waals surface area contributed by atoms with Crippen molar-refractivity contribution in [3.05, 3.63) is 48.6 Å². The minimum atomic E-state index is -0.310. The first-order valence-electron chi connectivity index (χ1n) is 6.25. The molecule has 1 aromatic carbocycles. The highest BCUT2D eigenvalue weighted by molar-refractivity contribution is 5.95. The number of carbonyl (C=O) groups is 1. The molecule has 0 N–H and O–H groups in total. The van der Waals surface area contributed by atoms with E-state index < -0.39 is 0 Å². The molecule has 0 unspecified atom stereocenters. The average molecular weight is 259 g/mol. The zero-order chi connectivity index (χ0) is 13.7. The number of nitrogens with zero attached hydrogens (tertiary/aromatic N) is 1. The summed E-state index contributed by atoms with van der Waals surface area (Å²) in [4.78, 5) is 15.6. The minimum Gasteiger partial charge on any atom is -0.475 e. The summed E-state index contributed by atoms with van der Waals surface area (Å²) in [6.45, 7) is 5.50. The van der Waals surface area contributed by atoms with E-state index in [-0.39, 0.29) is 18.1 Å². The van der Waals surface area contributed by atoms with E-state index in [1.807, 2.05) is 30.3 Å². The quantitative estimate of drug-likeness (QED) is 0.602. The smallest absolute Gasteiger partial charge is 0.302 e. The molecule has 1 aliphatic rings. The van der Waals surface area contributed by atoms with Gasteiger partial charge in [-0.25, -0.2) is 4.99 Å². The van der Waals surface area contributed by atoms with Gasteiger partial charge in [-0.3, -0.25) is 4.79 Å². The molecule has 19 heavy (non-hydrogen) atoms. The zero-order valence-corrected chi connectivity index (χ0v) is 10.9. The van der Waals surface area contributed by atoms with Crippen LogP contribution in [0.1, 0.15) is 18.9 Å². The van der Waals surface area contributed by atoms with Gasteiger partial charge in [0.2, 0.25) is 5.90 Å². The second kappa shape index (κ2) is 6.18. The first-order chi connectivity index (χ1) is 9.20. The van der Waals surface area contributed by atoms with Gasteiger partial charge in [0.25, 0.3) is 0 Å². The first-order valence-corrected chi connectivity index (χ1v) is 6.25. The maximum atomic E-state index is 11.1. The Hall–Kier alpha value is -2.10. The second-order valence-electron chi connectivity index (χ2n) is 4.35. The van der Waals surface area contributed by atoms with Crippen LogP contribution < -0.4 is 0 Å². The van der Waals surface area contributed by atoms with Crippen molar-refractivity contribution < 1.29 is 14.3 Å². The number of aliphatic imine (C=N–C) groups is 1. The molecule has 0 bridgehead atoms. The van der Waals surface area contributed by atoms with E-state index in [1.54, 1.807) is 6.08 Å². The summed E-state index contributed by atoms with van der Waals surface area (Å²) in [7, 11) is 0. The summed E-state index contributed by atoms with van der Waals surface area (Å²) in [5.41, 5.74) is 0.935. The molecular formula is C15H17NO3. The van der Waals surface area contributed by atoms with Crippen molar-refractivity contribution in [2.75, 3.05) is 6.61 Å². The zero-order valence-electron chi connectivity index (χ0n) is 10.9. The topological polar surface area (TPSA) is 47.9 Å². The number of hydrogen-bond donors (Lipinski definition) is 0. The lowest BCUT2D eigenvalue weighted by atomic mass is 10.1. The third-order valence-corrected chi connectivity index (χ3v) is 2.84. The Morgan fingerprint density at radius 2 is 2.32 bits per heavy atom. The molecule has 0 saturated heterocycles. The molecule has 0 fully saturated rings. The van der Waals surface area contributed by atoms with Crippen LogP contribution in [0.4, 0.5) is 0 Å². The highest BCUT2D eigenvalue weighted by Crippen LogP contribution is 2.18. The monoisotopic (exact) mass is 259 g/mol. The van der Waals surface area contributed by atoms with Crippen LogP contribution >= 0.6 is 0 Å². The highest BCUT2D eigenvalue weighted by atomic mass is 16.5. The minimum absolute atomic E-state index is 0.169. The summed E-state index contributed by atoms with van der Waals surface area (Å²) in [6.07, 6.45) is 1.99. The number of ether oxygens (including phenoxy) is 2. The Morgan fingerprint density at radius 1 is 1.58 bits per heavy atom. The molecule has 1 aliphatic heterocycles. The summed E-state index contributed by atoms with van der Waals surface area (Å²) >= 11 is 0. The number of rotatable bonds is 5. The van der Waals surface area contributed by atoms with Crippen molar-refractivity contribution >= 4 is 11.9 Å². The van der Waals surface area contributed by atoms with Gasteiger partial charge in [0.1, 0.15) is 18.8 Å². The fourth-order valence-corrected chi connectivity index (χ4v) is 1.98. The third kappa shape index (κ3) is 3.44. The van der Waals surface area contributed by atoms with Crippen LogP contribution in [-0.2, 0) is 14.3 Å². The van der Waals surface area contributed by atoms with Crippen LogP contribution in [-0.4, -0.2) is 30.6 Å². The molecular weight excluding hydrogens is 242 g/mol. The Labute approximate surface area is 112 Å². The SMILES string of the molecule is C=CC[C@H](OC(C)=O)[C@@H]1COC(c2ccccc2)=N1. The predicted molar refractivity (Wildman–Crippen MR) is 73.1 cm³/mol. The molecule has 0 spiro atoms. The second-order valence-corrected chi connectivity index (χ2v) is 4.35. The summed E-state index contributed by atoms with van der Waals surface area (Å²) < 4.78 is 10.8. The van der Waals surface area contributed by atoms with Crippen molar-refractivity contribution in [3.8, 4) is 0 Å². The van der Waals surface area contributed by atoms with Gasteiger partial charge in [-0.2, -0.15) is 0 Å². The molecule has 0 radical (unpaired) electrons. The lowest BCUT2D eigenvalue weighted by Gasteiger charge is -2.18. The fraction of sp³-hybridized carbons (Fsp3) is 0.333. The van der Waals surface area contributed by atoms with Crippen molar-refractivity contribution in [3.63, 3.8) is 0 Å². The Balaban J connectivity index is 2.11. The summed E-state index contributed by atoms with van der Waals surface area (Å²) in [5.74, 6) is 0.294. The van der Waals surface area contributed by atoms with Crippen LogP contribution in [0.15, 0.2) is 48.0 Å². The molecule has 0 aromatic heterocycles. The maximum absolute atomic E-state index is 11.1. The van der Waals surface area contributed by atoms with Crippen LogP contribution in [0.5, 0.6) is 0 Å². The van der Waals surface area contributed by atoms with Crippen molar-refractivity contribution in [2.24, 2.45) is 4.99 Å². The van der Waals surface area contributed by atoms with E-state index in [2.05, 4.69) is 11.6 Å². The van der Waals surface area contributed by atoms with E-state index in [4.69, 9.17) is 9.47 Å². The third-order valence-electron chi connectivity index (χ3n) is 2.84. The normalized spacial score (nSPS) is 19.2. The van der Waals surface area contributed by atoms with Crippen LogP contribution in [0.25, 0.3) is 0 Å². The van der Waals surface area contributed by atoms with Crippen molar-refractivity contribution in [1.82, 2.24) is 0 Å². The van der Waals surface area contributed by atoms with Gasteiger partial charge in [-0.05, 0) is 12.1 Å². The van der Waals surface area contributed by atoms with Gasteiger partial charge in [-0.15, -0.1) is 6.58 Å². The standard InChI is InChI=1S/C15H17NO3/c1-3-7-14(19-11(2)17)13-10-18-15(16-13)12-8-5-4-6-9-12/h3-6,8-9,13-14H,1,7,10H2,2H3/t13-,14-/m0/s1. The molecule has 4 nitrogen and oxygen atoms in total. The van der Waals surface area contributed by atoms with Crippen LogP contribution in [0.3, 0.4) is 0 Å². The van der Waals surface area contributed by atoms with Gasteiger partial charge in [0.15, 0.2) is 0 Å². The van der Waals surface area contributed by atoms with E-state index in [0.29, 0.717) is 18.9 Å². The summed E-state index contributed by atoms with van der Waals surface area (Å²) in [6, 6.07) is 9.52. The first kappa shape index (κ1) is 13.3. The Kier molecular flexibility index (Phi) is 4.34. The van der Waals surface area contributed by atoms with Crippen molar-refractivity contribution in [2.45, 2.75) is 25.5 Å². The molecule has 0 amide bonds. The number of benzene rings is 1. The number of carbonyl (C=O) groups excluding carboxylic acids is 1. The van der Waals surface area contributed by atoms with Gasteiger partial charge < -0.3 is 9.47 Å². The summed E-state index contributed by atoms with van der Waals surface area (Å²) in [5, 5.41) is 0. The largest absolute Gasteiger partial charge is 0.475 e. The Bertz CT molecular complexity index is 481. The van der Waals surface area contributed by atoms with Gasteiger partial charge >= 0.3 is 5.97 Å². The molecule has 0 saturated carbocycles. The lowest BCUT2D eigenvalue weighted by Crippen LogP contribution is -2.30. The molecule has 1 aromatic rings. The van der Waals surface area contributed by atoms with Gasteiger partial charge in [0.05, 0.1) is 0 Å². The maximum Gasteiger partial charge on any atom is 0.302 e. The molecule has 4 heteroatoms. The van der Waals surface area contributed by atoms with Crippen LogP contribution in [0.2, 0.25) is 0 Å². The molecule has 1 heterocycles. The average Bonchev–Trinajstić information content (AvgIpc) is 2.88. The molecule has 2 atom stereocenters. The number of esters is 1. The van der Waals surface area contributed by atoms with E-state index >= 15 is 0 Å². The van der Waals surface area contributed by atoms with Gasteiger partial charge in [0, 0.05) is 18.9 Å². The van der Waals surface area contributed by atoms with Crippen LogP contribution in [0, 0.1) is 0 Å².